The zero-order valence-corrected chi connectivity index (χ0v) is 12.9. The Balaban J connectivity index is 1.78. The van der Waals surface area contributed by atoms with Crippen molar-refractivity contribution in [3.05, 3.63) is 11.4 Å². The second kappa shape index (κ2) is 7.07. The van der Waals surface area contributed by atoms with Gasteiger partial charge in [0.05, 0.1) is 24.8 Å². The molecule has 0 aromatic carbocycles. The number of aromatic nitrogens is 2. The molecular weight excluding hydrogens is 266 g/mol. The van der Waals surface area contributed by atoms with Crippen LogP contribution in [0.5, 0.6) is 5.88 Å². The van der Waals surface area contributed by atoms with Crippen LogP contribution in [0.3, 0.4) is 0 Å². The average Bonchev–Trinajstić information content (AvgIpc) is 3.01. The molecule has 0 bridgehead atoms. The number of anilines is 1. The lowest BCUT2D eigenvalue weighted by atomic mass is 10.1. The lowest BCUT2D eigenvalue weighted by molar-refractivity contribution is 0.195. The summed E-state index contributed by atoms with van der Waals surface area (Å²) in [6, 6.07) is 0.370. The molecule has 5 nitrogen and oxygen atoms in total. The Kier molecular flexibility index (Phi) is 4.91. The highest BCUT2D eigenvalue weighted by Crippen LogP contribution is 2.29. The lowest BCUT2D eigenvalue weighted by Gasteiger charge is -2.22. The molecule has 1 aromatic rings. The number of aryl methyl sites for hydroxylation is 1. The molecule has 3 heterocycles. The van der Waals surface area contributed by atoms with Crippen LogP contribution in [0.2, 0.25) is 0 Å². The minimum absolute atomic E-state index is 0.370. The van der Waals surface area contributed by atoms with Crippen LogP contribution >= 0.6 is 0 Å². The van der Waals surface area contributed by atoms with E-state index >= 15 is 0 Å². The predicted molar refractivity (Wildman–Crippen MR) is 81.9 cm³/mol. The van der Waals surface area contributed by atoms with Gasteiger partial charge < -0.3 is 14.8 Å². The van der Waals surface area contributed by atoms with Gasteiger partial charge in [-0.25, -0.2) is 4.98 Å². The van der Waals surface area contributed by atoms with E-state index in [-0.39, 0.29) is 0 Å². The van der Waals surface area contributed by atoms with Crippen molar-refractivity contribution in [1.29, 1.82) is 0 Å². The second-order valence-corrected chi connectivity index (χ2v) is 5.89. The third kappa shape index (κ3) is 3.64. The monoisotopic (exact) mass is 291 g/mol. The number of nitrogens with zero attached hydrogens (tertiary/aromatic N) is 2. The van der Waals surface area contributed by atoms with Crippen LogP contribution in [0.25, 0.3) is 0 Å². The van der Waals surface area contributed by atoms with Crippen molar-refractivity contribution in [3.63, 3.8) is 0 Å². The smallest absolute Gasteiger partial charge is 0.222 e. The van der Waals surface area contributed by atoms with Gasteiger partial charge in [0, 0.05) is 13.0 Å². The number of hydrogen-bond acceptors (Lipinski definition) is 5. The Morgan fingerprint density at radius 2 is 2.19 bits per heavy atom. The van der Waals surface area contributed by atoms with Gasteiger partial charge in [-0.15, -0.1) is 0 Å². The maximum atomic E-state index is 5.75. The average molecular weight is 291 g/mol. The molecule has 1 saturated heterocycles. The number of hydrogen-bond donors (Lipinski definition) is 1. The number of ether oxygens (including phenoxy) is 2. The molecule has 1 N–H and O–H groups in total. The van der Waals surface area contributed by atoms with E-state index in [0.29, 0.717) is 6.04 Å². The quantitative estimate of drug-likeness (QED) is 0.817. The number of unbranched alkanes of at least 4 members (excludes halogenated alkanes) is 2. The molecule has 0 amide bonds. The SMILES string of the molecule is CCCCCc1nc(NC2CCOC2)c2c(n1)OCCC2. The minimum atomic E-state index is 0.370. The fourth-order valence-electron chi connectivity index (χ4n) is 2.88. The third-order valence-electron chi connectivity index (χ3n) is 4.10. The summed E-state index contributed by atoms with van der Waals surface area (Å²) in [5.74, 6) is 2.68. The highest BCUT2D eigenvalue weighted by atomic mass is 16.5. The zero-order valence-electron chi connectivity index (χ0n) is 12.9. The fraction of sp³-hybridized carbons (Fsp3) is 0.750. The standard InChI is InChI=1S/C16H25N3O2/c1-2-3-4-7-14-18-15(17-12-8-10-20-11-12)13-6-5-9-21-16(13)19-14/h12H,2-11H2,1H3,(H,17,18,19). The number of fused-ring (bicyclic) bond motifs is 1. The van der Waals surface area contributed by atoms with E-state index in [9.17, 15) is 0 Å². The fourth-order valence-corrected chi connectivity index (χ4v) is 2.88. The molecule has 2 aliphatic rings. The maximum absolute atomic E-state index is 5.75. The lowest BCUT2D eigenvalue weighted by Crippen LogP contribution is -2.23. The summed E-state index contributed by atoms with van der Waals surface area (Å²) in [6.07, 6.45) is 7.60. The van der Waals surface area contributed by atoms with Crippen LogP contribution in [-0.4, -0.2) is 35.8 Å². The predicted octanol–water partition coefficient (Wildman–Crippen LogP) is 2.74. The zero-order chi connectivity index (χ0) is 14.5. The van der Waals surface area contributed by atoms with Gasteiger partial charge in [0.15, 0.2) is 0 Å². The molecule has 0 spiro atoms. The summed E-state index contributed by atoms with van der Waals surface area (Å²) in [6.45, 7) is 4.59. The first-order chi connectivity index (χ1) is 10.4. The van der Waals surface area contributed by atoms with Gasteiger partial charge in [0.25, 0.3) is 0 Å². The normalized spacial score (nSPS) is 20.9. The highest BCUT2D eigenvalue weighted by molar-refractivity contribution is 5.51. The van der Waals surface area contributed by atoms with Crippen LogP contribution in [0.1, 0.15) is 50.4 Å². The van der Waals surface area contributed by atoms with E-state index in [2.05, 4.69) is 17.2 Å². The van der Waals surface area contributed by atoms with Gasteiger partial charge in [-0.05, 0) is 25.7 Å². The van der Waals surface area contributed by atoms with E-state index < -0.39 is 0 Å². The van der Waals surface area contributed by atoms with Crippen molar-refractivity contribution in [3.8, 4) is 5.88 Å². The van der Waals surface area contributed by atoms with Crippen molar-refractivity contribution < 1.29 is 9.47 Å². The summed E-state index contributed by atoms with van der Waals surface area (Å²) in [5.41, 5.74) is 1.15. The topological polar surface area (TPSA) is 56.3 Å². The summed E-state index contributed by atoms with van der Waals surface area (Å²) in [4.78, 5) is 9.38. The van der Waals surface area contributed by atoms with Gasteiger partial charge in [0.1, 0.15) is 11.6 Å². The minimum Gasteiger partial charge on any atom is -0.477 e. The highest BCUT2D eigenvalue weighted by Gasteiger charge is 2.22. The van der Waals surface area contributed by atoms with E-state index in [1.54, 1.807) is 0 Å². The Morgan fingerprint density at radius 3 is 3.00 bits per heavy atom. The number of rotatable bonds is 6. The van der Waals surface area contributed by atoms with Crippen molar-refractivity contribution in [2.75, 3.05) is 25.1 Å². The molecule has 1 atom stereocenters. The molecule has 0 saturated carbocycles. The molecule has 116 valence electrons. The van der Waals surface area contributed by atoms with Crippen molar-refractivity contribution >= 4 is 5.82 Å². The van der Waals surface area contributed by atoms with Crippen LogP contribution in [-0.2, 0) is 17.6 Å². The molecule has 2 aliphatic heterocycles. The van der Waals surface area contributed by atoms with Crippen molar-refractivity contribution in [1.82, 2.24) is 9.97 Å². The molecule has 3 rings (SSSR count). The Bertz CT molecular complexity index is 473. The van der Waals surface area contributed by atoms with Gasteiger partial charge in [-0.3, -0.25) is 0 Å². The maximum Gasteiger partial charge on any atom is 0.222 e. The van der Waals surface area contributed by atoms with Crippen LogP contribution in [0, 0.1) is 0 Å². The van der Waals surface area contributed by atoms with E-state index in [1.807, 2.05) is 0 Å². The van der Waals surface area contributed by atoms with Crippen molar-refractivity contribution in [2.45, 2.75) is 57.9 Å². The van der Waals surface area contributed by atoms with Crippen LogP contribution < -0.4 is 10.1 Å². The molecule has 5 heteroatoms. The first-order valence-corrected chi connectivity index (χ1v) is 8.23. The summed E-state index contributed by atoms with van der Waals surface area (Å²) in [5, 5.41) is 3.54. The third-order valence-corrected chi connectivity index (χ3v) is 4.10. The van der Waals surface area contributed by atoms with E-state index in [4.69, 9.17) is 14.5 Å². The molecule has 0 radical (unpaired) electrons. The first-order valence-electron chi connectivity index (χ1n) is 8.23. The van der Waals surface area contributed by atoms with Gasteiger partial charge in [0.2, 0.25) is 5.88 Å². The van der Waals surface area contributed by atoms with Gasteiger partial charge in [-0.2, -0.15) is 4.98 Å². The Hall–Kier alpha value is -1.36. The Morgan fingerprint density at radius 1 is 1.24 bits per heavy atom. The molecule has 1 aromatic heterocycles. The first kappa shape index (κ1) is 14.6. The largest absolute Gasteiger partial charge is 0.477 e. The molecular formula is C16H25N3O2. The molecule has 0 aliphatic carbocycles. The molecule has 1 fully saturated rings. The molecule has 21 heavy (non-hydrogen) atoms. The van der Waals surface area contributed by atoms with E-state index in [0.717, 1.165) is 75.0 Å². The van der Waals surface area contributed by atoms with Gasteiger partial charge >= 0.3 is 0 Å². The molecule has 1 unspecified atom stereocenters. The summed E-state index contributed by atoms with van der Waals surface area (Å²) < 4.78 is 11.2. The summed E-state index contributed by atoms with van der Waals surface area (Å²) >= 11 is 0. The van der Waals surface area contributed by atoms with Crippen LogP contribution in [0.15, 0.2) is 0 Å². The Labute approximate surface area is 126 Å². The second-order valence-electron chi connectivity index (χ2n) is 5.89. The summed E-state index contributed by atoms with van der Waals surface area (Å²) in [7, 11) is 0. The van der Waals surface area contributed by atoms with Gasteiger partial charge in [-0.1, -0.05) is 19.8 Å². The van der Waals surface area contributed by atoms with E-state index in [1.165, 1.54) is 12.8 Å². The number of nitrogens with one attached hydrogen (secondary N) is 1. The van der Waals surface area contributed by atoms with Crippen LogP contribution in [0.4, 0.5) is 5.82 Å². The van der Waals surface area contributed by atoms with Crippen molar-refractivity contribution in [2.24, 2.45) is 0 Å².